The van der Waals surface area contributed by atoms with Crippen molar-refractivity contribution < 1.29 is 0 Å². The van der Waals surface area contributed by atoms with Crippen LogP contribution in [0.25, 0.3) is 5.70 Å². The van der Waals surface area contributed by atoms with Gasteiger partial charge in [0.15, 0.2) is 0 Å². The lowest BCUT2D eigenvalue weighted by Crippen LogP contribution is -2.14. The number of nitrogens with zero attached hydrogens (tertiary/aromatic N) is 1. The predicted octanol–water partition coefficient (Wildman–Crippen LogP) is 5.52. The van der Waals surface area contributed by atoms with Crippen molar-refractivity contribution in [2.75, 3.05) is 0 Å². The normalized spacial score (nSPS) is 13.9. The fourth-order valence-corrected chi connectivity index (χ4v) is 3.39. The first-order valence-corrected chi connectivity index (χ1v) is 9.82. The van der Waals surface area contributed by atoms with Gasteiger partial charge in [0.1, 0.15) is 0 Å². The van der Waals surface area contributed by atoms with Gasteiger partial charge in [-0.3, -0.25) is 0 Å². The number of allylic oxidation sites excluding steroid dienone is 1. The number of rotatable bonds is 9. The zero-order valence-electron chi connectivity index (χ0n) is 15.3. The van der Waals surface area contributed by atoms with Crippen LogP contribution in [-0.4, -0.2) is 12.3 Å². The van der Waals surface area contributed by atoms with Crippen LogP contribution in [0.1, 0.15) is 47.9 Å². The summed E-state index contributed by atoms with van der Waals surface area (Å²) in [6.45, 7) is 0. The number of benzene rings is 2. The Labute approximate surface area is 166 Å². The molecule has 1 aliphatic rings. The van der Waals surface area contributed by atoms with E-state index in [1.807, 2.05) is 18.2 Å². The first kappa shape index (κ1) is 19.2. The van der Waals surface area contributed by atoms with Gasteiger partial charge in [0.05, 0.1) is 11.6 Å². The lowest BCUT2D eigenvalue weighted by Gasteiger charge is -2.11. The number of hydrogen-bond acceptors (Lipinski definition) is 3. The van der Waals surface area contributed by atoms with Gasteiger partial charge in [-0.15, -0.1) is 0 Å². The molecule has 0 amide bonds. The molecular weight excluding hydrogens is 354 g/mol. The van der Waals surface area contributed by atoms with E-state index in [4.69, 9.17) is 22.3 Å². The molecule has 0 unspecified atom stereocenters. The molecule has 0 aromatic heterocycles. The smallest absolute Gasteiger partial charge is 0.0992 e. The van der Waals surface area contributed by atoms with Gasteiger partial charge < -0.3 is 10.7 Å². The molecule has 0 heterocycles. The van der Waals surface area contributed by atoms with Crippen LogP contribution < -0.4 is 5.32 Å². The lowest BCUT2D eigenvalue weighted by atomic mass is 10.0. The summed E-state index contributed by atoms with van der Waals surface area (Å²) in [5.74, 6) is 0. The molecule has 0 saturated heterocycles. The van der Waals surface area contributed by atoms with E-state index in [-0.39, 0.29) is 0 Å². The molecule has 138 valence electrons. The molecule has 3 nitrogen and oxygen atoms in total. The summed E-state index contributed by atoms with van der Waals surface area (Å²) in [5, 5.41) is 20.5. The second kappa shape index (κ2) is 9.39. The van der Waals surface area contributed by atoms with Gasteiger partial charge in [-0.1, -0.05) is 35.9 Å². The lowest BCUT2D eigenvalue weighted by molar-refractivity contribution is 0.734. The van der Waals surface area contributed by atoms with Crippen molar-refractivity contribution in [3.05, 3.63) is 75.8 Å². The Morgan fingerprint density at radius 2 is 2.00 bits per heavy atom. The number of hydrogen-bond donors (Lipinski definition) is 2. The van der Waals surface area contributed by atoms with Crippen LogP contribution >= 0.6 is 11.6 Å². The van der Waals surface area contributed by atoms with Crippen molar-refractivity contribution in [3.8, 4) is 6.07 Å². The summed E-state index contributed by atoms with van der Waals surface area (Å²) in [5.41, 5.74) is 5.21. The van der Waals surface area contributed by atoms with E-state index >= 15 is 0 Å². The number of unbranched alkanes of at least 4 members (excludes halogenated alkanes) is 1. The van der Waals surface area contributed by atoms with Crippen LogP contribution in [0.15, 0.2) is 48.5 Å². The van der Waals surface area contributed by atoms with E-state index in [9.17, 15) is 0 Å². The monoisotopic (exact) mass is 377 g/mol. The average molecular weight is 378 g/mol. The quantitative estimate of drug-likeness (QED) is 0.446. The van der Waals surface area contributed by atoms with Crippen LogP contribution in [0, 0.1) is 16.7 Å². The second-order valence-corrected chi connectivity index (χ2v) is 7.40. The van der Waals surface area contributed by atoms with Gasteiger partial charge >= 0.3 is 0 Å². The third kappa shape index (κ3) is 5.70. The maximum absolute atomic E-state index is 8.91. The van der Waals surface area contributed by atoms with Gasteiger partial charge in [0.25, 0.3) is 0 Å². The summed E-state index contributed by atoms with van der Waals surface area (Å²) < 4.78 is 0. The number of nitriles is 1. The van der Waals surface area contributed by atoms with Crippen LogP contribution in [-0.2, 0) is 12.8 Å². The van der Waals surface area contributed by atoms with Crippen LogP contribution in [0.4, 0.5) is 0 Å². The highest BCUT2D eigenvalue weighted by Gasteiger charge is 2.22. The van der Waals surface area contributed by atoms with Crippen molar-refractivity contribution in [1.29, 1.82) is 10.7 Å². The Bertz CT molecular complexity index is 875. The summed E-state index contributed by atoms with van der Waals surface area (Å²) >= 11 is 6.25. The first-order valence-electron chi connectivity index (χ1n) is 9.44. The van der Waals surface area contributed by atoms with Crippen molar-refractivity contribution in [1.82, 2.24) is 5.32 Å². The Morgan fingerprint density at radius 1 is 1.19 bits per heavy atom. The van der Waals surface area contributed by atoms with Gasteiger partial charge in [-0.05, 0) is 79.5 Å². The summed E-state index contributed by atoms with van der Waals surface area (Å²) in [6, 6.07) is 16.8. The highest BCUT2D eigenvalue weighted by atomic mass is 35.5. The van der Waals surface area contributed by atoms with E-state index in [0.717, 1.165) is 42.5 Å². The summed E-state index contributed by atoms with van der Waals surface area (Å²) in [6.07, 6.45) is 9.69. The van der Waals surface area contributed by atoms with Crippen molar-refractivity contribution in [3.63, 3.8) is 0 Å². The van der Waals surface area contributed by atoms with Gasteiger partial charge in [0, 0.05) is 23.0 Å². The molecule has 0 radical (unpaired) electrons. The number of nitrogens with one attached hydrogen (secondary N) is 2. The molecule has 0 atom stereocenters. The van der Waals surface area contributed by atoms with Crippen LogP contribution in [0.3, 0.4) is 0 Å². The molecule has 1 saturated carbocycles. The highest BCUT2D eigenvalue weighted by molar-refractivity contribution is 6.31. The Hall–Kier alpha value is -2.57. The Morgan fingerprint density at radius 3 is 2.70 bits per heavy atom. The molecule has 0 spiro atoms. The van der Waals surface area contributed by atoms with E-state index < -0.39 is 0 Å². The summed E-state index contributed by atoms with van der Waals surface area (Å²) in [4.78, 5) is 0. The topological polar surface area (TPSA) is 59.7 Å². The van der Waals surface area contributed by atoms with Crippen LogP contribution in [0.2, 0.25) is 5.02 Å². The standard InChI is InChI=1S/C23H24ClN3/c24-22-15-18(16-26)8-9-19(22)6-2-1-4-17-5-3-7-20(14-17)23(12-13-25)27-21-10-11-21/h3,5,7-9,12-15,21,25,27H,1-2,4,6,10-11H2/b23-12-,25-13?. The maximum atomic E-state index is 8.91. The molecule has 27 heavy (non-hydrogen) atoms. The maximum Gasteiger partial charge on any atom is 0.0992 e. The molecule has 1 fully saturated rings. The van der Waals surface area contributed by atoms with Gasteiger partial charge in [0.2, 0.25) is 0 Å². The molecule has 1 aliphatic carbocycles. The first-order chi connectivity index (χ1) is 13.2. The predicted molar refractivity (Wildman–Crippen MR) is 112 cm³/mol. The molecule has 4 heteroatoms. The second-order valence-electron chi connectivity index (χ2n) is 6.99. The molecular formula is C23H24ClN3. The molecule has 3 rings (SSSR count). The minimum absolute atomic E-state index is 0.567. The van der Waals surface area contributed by atoms with Crippen molar-refractivity contribution in [2.24, 2.45) is 0 Å². The molecule has 0 bridgehead atoms. The third-order valence-corrected chi connectivity index (χ3v) is 5.12. The minimum atomic E-state index is 0.567. The Kier molecular flexibility index (Phi) is 6.68. The zero-order valence-corrected chi connectivity index (χ0v) is 16.1. The zero-order chi connectivity index (χ0) is 19.1. The summed E-state index contributed by atoms with van der Waals surface area (Å²) in [7, 11) is 0. The Balaban J connectivity index is 1.54. The third-order valence-electron chi connectivity index (χ3n) is 4.77. The van der Waals surface area contributed by atoms with Crippen molar-refractivity contribution >= 4 is 23.5 Å². The molecule has 2 aromatic carbocycles. The van der Waals surface area contributed by atoms with Crippen molar-refractivity contribution in [2.45, 2.75) is 44.6 Å². The average Bonchev–Trinajstić information content (AvgIpc) is 3.50. The number of halogens is 1. The minimum Gasteiger partial charge on any atom is -0.382 e. The fourth-order valence-electron chi connectivity index (χ4n) is 3.12. The molecule has 2 aromatic rings. The molecule has 0 aliphatic heterocycles. The highest BCUT2D eigenvalue weighted by Crippen LogP contribution is 2.24. The van der Waals surface area contributed by atoms with E-state index in [1.54, 1.807) is 6.07 Å². The van der Waals surface area contributed by atoms with E-state index in [2.05, 4.69) is 35.7 Å². The van der Waals surface area contributed by atoms with E-state index in [0.29, 0.717) is 16.6 Å². The fraction of sp³-hybridized carbons (Fsp3) is 0.304. The van der Waals surface area contributed by atoms with Gasteiger partial charge in [-0.25, -0.2) is 0 Å². The number of aryl methyl sites for hydroxylation is 2. The van der Waals surface area contributed by atoms with Gasteiger partial charge in [-0.2, -0.15) is 5.26 Å². The van der Waals surface area contributed by atoms with Crippen LogP contribution in [0.5, 0.6) is 0 Å². The largest absolute Gasteiger partial charge is 0.382 e. The SMILES string of the molecule is N#Cc1ccc(CCCCc2cccc(/C(=C/C=N)NC3CC3)c2)c(Cl)c1. The molecule has 2 N–H and O–H groups in total. The van der Waals surface area contributed by atoms with E-state index in [1.165, 1.54) is 24.6 Å².